The summed E-state index contributed by atoms with van der Waals surface area (Å²) in [4.78, 5) is 0. The van der Waals surface area contributed by atoms with E-state index < -0.39 is 5.70 Å². The van der Waals surface area contributed by atoms with Crippen molar-refractivity contribution in [2.24, 2.45) is 5.50 Å². The molecule has 0 heterocycles. The average Bonchev–Trinajstić information content (AvgIpc) is 1.64. The quantitative estimate of drug-likeness (QED) is 0.683. The lowest BCUT2D eigenvalue weighted by Gasteiger charge is -2.06. The SMILES string of the molecule is CCSP(N)(=O)SCC. The van der Waals surface area contributed by atoms with E-state index >= 15 is 0 Å². The smallest absolute Gasteiger partial charge is 0.252 e. The van der Waals surface area contributed by atoms with Gasteiger partial charge in [-0.25, -0.2) is 0 Å². The second-order valence-electron chi connectivity index (χ2n) is 1.38. The fourth-order valence-corrected chi connectivity index (χ4v) is 6.14. The normalized spacial score (nSPS) is 11.9. The maximum atomic E-state index is 11.1. The van der Waals surface area contributed by atoms with Crippen LogP contribution in [0.2, 0.25) is 0 Å². The molecular weight excluding hydrogens is 173 g/mol. The van der Waals surface area contributed by atoms with Gasteiger partial charge in [-0.2, -0.15) is 0 Å². The highest BCUT2D eigenvalue weighted by molar-refractivity contribution is 8.89. The van der Waals surface area contributed by atoms with Crippen LogP contribution in [0.4, 0.5) is 0 Å². The third-order valence-corrected chi connectivity index (χ3v) is 7.46. The van der Waals surface area contributed by atoms with Crippen molar-refractivity contribution in [1.82, 2.24) is 0 Å². The van der Waals surface area contributed by atoms with Gasteiger partial charge in [-0.15, -0.1) is 0 Å². The predicted molar refractivity (Wildman–Crippen MR) is 48.1 cm³/mol. The highest BCUT2D eigenvalue weighted by Gasteiger charge is 2.13. The van der Waals surface area contributed by atoms with Gasteiger partial charge in [0.15, 0.2) is 0 Å². The summed E-state index contributed by atoms with van der Waals surface area (Å²) in [7, 11) is 0. The molecule has 0 saturated heterocycles. The molecule has 0 amide bonds. The molecule has 0 aliphatic carbocycles. The monoisotopic (exact) mass is 185 g/mol. The van der Waals surface area contributed by atoms with Crippen LogP contribution < -0.4 is 5.50 Å². The zero-order valence-electron chi connectivity index (χ0n) is 5.66. The lowest BCUT2D eigenvalue weighted by Crippen LogP contribution is -1.85. The molecule has 0 aliphatic rings. The molecule has 56 valence electrons. The van der Waals surface area contributed by atoms with E-state index in [-0.39, 0.29) is 0 Å². The lowest BCUT2D eigenvalue weighted by molar-refractivity contribution is 0.594. The Bertz CT molecular complexity index is 109. The first kappa shape index (κ1) is 9.89. The summed E-state index contributed by atoms with van der Waals surface area (Å²) in [5, 5.41) is 0. The highest BCUT2D eigenvalue weighted by atomic mass is 33.1. The van der Waals surface area contributed by atoms with Gasteiger partial charge in [0.05, 0.1) is 0 Å². The van der Waals surface area contributed by atoms with E-state index in [4.69, 9.17) is 5.50 Å². The van der Waals surface area contributed by atoms with Gasteiger partial charge < -0.3 is 0 Å². The lowest BCUT2D eigenvalue weighted by atomic mass is 11.0. The molecule has 0 fully saturated rings. The van der Waals surface area contributed by atoms with Crippen molar-refractivity contribution in [2.45, 2.75) is 13.8 Å². The average molecular weight is 185 g/mol. The largest absolute Gasteiger partial charge is 0.283 e. The van der Waals surface area contributed by atoms with Gasteiger partial charge in [0.2, 0.25) is 0 Å². The van der Waals surface area contributed by atoms with Gasteiger partial charge in [0, 0.05) is 0 Å². The summed E-state index contributed by atoms with van der Waals surface area (Å²) in [6.07, 6.45) is 0. The predicted octanol–water partition coefficient (Wildman–Crippen LogP) is 2.56. The van der Waals surface area contributed by atoms with Crippen LogP contribution >= 0.6 is 28.5 Å². The first-order chi connectivity index (χ1) is 4.12. The number of hydrogen-bond donors (Lipinski definition) is 1. The van der Waals surface area contributed by atoms with Crippen molar-refractivity contribution < 1.29 is 4.57 Å². The van der Waals surface area contributed by atoms with Gasteiger partial charge in [0.1, 0.15) is 0 Å². The fourth-order valence-electron chi connectivity index (χ4n) is 0.397. The molecule has 0 aliphatic heterocycles. The Morgan fingerprint density at radius 3 is 1.89 bits per heavy atom. The van der Waals surface area contributed by atoms with E-state index in [1.807, 2.05) is 13.8 Å². The first-order valence-corrected chi connectivity index (χ1v) is 7.75. The van der Waals surface area contributed by atoms with Crippen LogP contribution in [0.25, 0.3) is 0 Å². The second kappa shape index (κ2) is 4.67. The molecule has 0 unspecified atom stereocenters. The van der Waals surface area contributed by atoms with Crippen molar-refractivity contribution in [2.75, 3.05) is 11.5 Å². The molecule has 0 rings (SSSR count). The van der Waals surface area contributed by atoms with E-state index in [9.17, 15) is 4.57 Å². The van der Waals surface area contributed by atoms with Crippen LogP contribution in [0.5, 0.6) is 0 Å². The minimum atomic E-state index is -2.36. The Labute approximate surface area is 64.3 Å². The molecule has 0 bridgehead atoms. The van der Waals surface area contributed by atoms with E-state index in [0.29, 0.717) is 0 Å². The molecule has 0 aromatic carbocycles. The molecule has 0 aromatic heterocycles. The van der Waals surface area contributed by atoms with Gasteiger partial charge in [-0.3, -0.25) is 10.1 Å². The van der Waals surface area contributed by atoms with Crippen molar-refractivity contribution in [3.05, 3.63) is 0 Å². The molecule has 2 N–H and O–H groups in total. The maximum Gasteiger partial charge on any atom is 0.252 e. The second-order valence-corrected chi connectivity index (χ2v) is 9.62. The molecule has 0 spiro atoms. The first-order valence-electron chi connectivity index (χ1n) is 2.80. The van der Waals surface area contributed by atoms with E-state index in [2.05, 4.69) is 0 Å². The molecule has 0 radical (unpaired) electrons. The molecule has 0 saturated carbocycles. The van der Waals surface area contributed by atoms with Crippen molar-refractivity contribution in [1.29, 1.82) is 0 Å². The Kier molecular flexibility index (Phi) is 5.13. The minimum Gasteiger partial charge on any atom is -0.283 e. The summed E-state index contributed by atoms with van der Waals surface area (Å²) in [6, 6.07) is 0. The zero-order chi connectivity index (χ0) is 7.33. The van der Waals surface area contributed by atoms with Crippen LogP contribution in [0.3, 0.4) is 0 Å². The van der Waals surface area contributed by atoms with Crippen LogP contribution in [0.1, 0.15) is 13.8 Å². The Hall–Kier alpha value is 0.890. The fraction of sp³-hybridized carbons (Fsp3) is 1.00. The minimum absolute atomic E-state index is 0.834. The molecule has 0 aromatic rings. The van der Waals surface area contributed by atoms with Crippen LogP contribution in [-0.2, 0) is 4.57 Å². The summed E-state index contributed by atoms with van der Waals surface area (Å²) >= 11 is 2.71. The number of rotatable bonds is 4. The molecule has 0 atom stereocenters. The zero-order valence-corrected chi connectivity index (χ0v) is 8.19. The Morgan fingerprint density at radius 1 is 1.33 bits per heavy atom. The molecule has 2 nitrogen and oxygen atoms in total. The summed E-state index contributed by atoms with van der Waals surface area (Å²) in [6.45, 7) is 3.92. The molecule has 5 heteroatoms. The third kappa shape index (κ3) is 5.34. The Balaban J connectivity index is 3.58. The van der Waals surface area contributed by atoms with Crippen LogP contribution in [0.15, 0.2) is 0 Å². The summed E-state index contributed by atoms with van der Waals surface area (Å²) < 4.78 is 11.1. The number of hydrogen-bond acceptors (Lipinski definition) is 3. The van der Waals surface area contributed by atoms with Crippen LogP contribution in [-0.4, -0.2) is 11.5 Å². The topological polar surface area (TPSA) is 43.1 Å². The standard InChI is InChI=1S/C4H12NOPS2/c1-3-8-7(5,6)9-4-2/h3-4H2,1-2H3,(H2,5,6). The van der Waals surface area contributed by atoms with E-state index in [0.717, 1.165) is 11.5 Å². The van der Waals surface area contributed by atoms with Gasteiger partial charge in [-0.05, 0) is 11.5 Å². The van der Waals surface area contributed by atoms with Crippen LogP contribution in [0, 0.1) is 0 Å². The molecule has 9 heavy (non-hydrogen) atoms. The summed E-state index contributed by atoms with van der Waals surface area (Å²) in [5.74, 6) is 1.67. The maximum absolute atomic E-state index is 11.1. The van der Waals surface area contributed by atoms with E-state index in [1.54, 1.807) is 0 Å². The van der Waals surface area contributed by atoms with Crippen molar-refractivity contribution in [3.8, 4) is 0 Å². The van der Waals surface area contributed by atoms with Gasteiger partial charge >= 0.3 is 0 Å². The van der Waals surface area contributed by atoms with Crippen molar-refractivity contribution >= 4 is 28.5 Å². The van der Waals surface area contributed by atoms with Gasteiger partial charge in [0.25, 0.3) is 5.70 Å². The Morgan fingerprint density at radius 2 is 1.67 bits per heavy atom. The van der Waals surface area contributed by atoms with Gasteiger partial charge in [-0.1, -0.05) is 36.6 Å². The summed E-state index contributed by atoms with van der Waals surface area (Å²) in [5.41, 5.74) is 3.06. The number of nitrogens with two attached hydrogens (primary N) is 1. The van der Waals surface area contributed by atoms with E-state index in [1.165, 1.54) is 22.8 Å². The highest BCUT2D eigenvalue weighted by Crippen LogP contribution is 2.61. The third-order valence-electron chi connectivity index (χ3n) is 0.618. The van der Waals surface area contributed by atoms with Crippen molar-refractivity contribution in [3.63, 3.8) is 0 Å². The molecular formula is C4H12NOPS2.